The van der Waals surface area contributed by atoms with E-state index in [9.17, 15) is 14.3 Å². The molecule has 0 saturated heterocycles. The van der Waals surface area contributed by atoms with Gasteiger partial charge in [0.25, 0.3) is 0 Å². The molecule has 3 nitrogen and oxygen atoms in total. The van der Waals surface area contributed by atoms with Crippen LogP contribution in [0.4, 0.5) is 4.39 Å². The Kier molecular flexibility index (Phi) is 4.83. The third-order valence-corrected chi connectivity index (χ3v) is 3.46. The van der Waals surface area contributed by atoms with Gasteiger partial charge in [0, 0.05) is 5.56 Å². The van der Waals surface area contributed by atoms with Crippen molar-refractivity contribution < 1.29 is 14.3 Å². The van der Waals surface area contributed by atoms with Crippen LogP contribution in [-0.4, -0.2) is 23.6 Å². The standard InChI is InChI=1S/C17H18FNO2/c1-11(20)12-2-4-13(5-3-12)14-6-8-15(9-7-14)17(21)16(19)10-18/h2-9,16-17,21H,10,19H2,1H3/t16-,17-/m1/s1. The molecule has 4 heteroatoms. The van der Waals surface area contributed by atoms with Crippen molar-refractivity contribution in [2.75, 3.05) is 6.67 Å². The number of carbonyl (C=O) groups is 1. The number of alkyl halides is 1. The summed E-state index contributed by atoms with van der Waals surface area (Å²) in [6.07, 6.45) is -1.01. The minimum atomic E-state index is -1.01. The highest BCUT2D eigenvalue weighted by Crippen LogP contribution is 2.23. The topological polar surface area (TPSA) is 63.3 Å². The lowest BCUT2D eigenvalue weighted by Crippen LogP contribution is -2.30. The Bertz CT molecular complexity index is 608. The molecule has 2 atom stereocenters. The zero-order valence-electron chi connectivity index (χ0n) is 11.8. The third kappa shape index (κ3) is 3.54. The van der Waals surface area contributed by atoms with Crippen LogP contribution in [0.15, 0.2) is 48.5 Å². The molecular weight excluding hydrogens is 269 g/mol. The van der Waals surface area contributed by atoms with E-state index in [-0.39, 0.29) is 5.78 Å². The Hall–Kier alpha value is -2.04. The number of benzene rings is 2. The van der Waals surface area contributed by atoms with E-state index in [0.717, 1.165) is 11.1 Å². The Labute approximate surface area is 123 Å². The summed E-state index contributed by atoms with van der Waals surface area (Å²) in [5, 5.41) is 9.85. The van der Waals surface area contributed by atoms with Gasteiger partial charge in [0.15, 0.2) is 5.78 Å². The molecule has 2 aromatic carbocycles. The van der Waals surface area contributed by atoms with Gasteiger partial charge >= 0.3 is 0 Å². The molecular formula is C17H18FNO2. The average Bonchev–Trinajstić information content (AvgIpc) is 2.53. The fourth-order valence-corrected chi connectivity index (χ4v) is 2.10. The lowest BCUT2D eigenvalue weighted by atomic mass is 9.98. The molecule has 2 aromatic rings. The first-order valence-electron chi connectivity index (χ1n) is 6.74. The molecule has 0 spiro atoms. The van der Waals surface area contributed by atoms with Gasteiger partial charge in [-0.05, 0) is 23.6 Å². The number of carbonyl (C=O) groups excluding carboxylic acids is 1. The van der Waals surface area contributed by atoms with Crippen molar-refractivity contribution in [3.05, 3.63) is 59.7 Å². The maximum absolute atomic E-state index is 12.5. The van der Waals surface area contributed by atoms with Gasteiger partial charge in [-0.25, -0.2) is 4.39 Å². The van der Waals surface area contributed by atoms with Crippen LogP contribution in [0.1, 0.15) is 28.9 Å². The van der Waals surface area contributed by atoms with Crippen LogP contribution >= 0.6 is 0 Å². The molecule has 0 heterocycles. The van der Waals surface area contributed by atoms with Crippen molar-refractivity contribution in [1.29, 1.82) is 0 Å². The molecule has 0 radical (unpaired) electrons. The quantitative estimate of drug-likeness (QED) is 0.831. The molecule has 21 heavy (non-hydrogen) atoms. The molecule has 0 aliphatic heterocycles. The number of hydrogen-bond acceptors (Lipinski definition) is 3. The van der Waals surface area contributed by atoms with Crippen molar-refractivity contribution in [2.45, 2.75) is 19.1 Å². The number of hydrogen-bond donors (Lipinski definition) is 2. The van der Waals surface area contributed by atoms with E-state index in [1.807, 2.05) is 24.3 Å². The molecule has 3 N–H and O–H groups in total. The molecule has 0 fully saturated rings. The Morgan fingerprint density at radius 1 is 1.10 bits per heavy atom. The van der Waals surface area contributed by atoms with E-state index in [4.69, 9.17) is 5.73 Å². The second kappa shape index (κ2) is 6.61. The predicted molar refractivity (Wildman–Crippen MR) is 80.8 cm³/mol. The van der Waals surface area contributed by atoms with Crippen molar-refractivity contribution in [3.8, 4) is 11.1 Å². The summed E-state index contributed by atoms with van der Waals surface area (Å²) in [6.45, 7) is 0.759. The fourth-order valence-electron chi connectivity index (χ4n) is 2.10. The first kappa shape index (κ1) is 15.4. The van der Waals surface area contributed by atoms with E-state index in [2.05, 4.69) is 0 Å². The molecule has 0 amide bonds. The normalized spacial score (nSPS) is 13.7. The van der Waals surface area contributed by atoms with Crippen LogP contribution in [0.25, 0.3) is 11.1 Å². The summed E-state index contributed by atoms with van der Waals surface area (Å²) in [4.78, 5) is 11.2. The number of rotatable bonds is 5. The molecule has 2 rings (SSSR count). The zero-order valence-corrected chi connectivity index (χ0v) is 11.8. The van der Waals surface area contributed by atoms with Crippen LogP contribution in [0.5, 0.6) is 0 Å². The van der Waals surface area contributed by atoms with E-state index < -0.39 is 18.8 Å². The number of aliphatic hydroxyl groups excluding tert-OH is 1. The van der Waals surface area contributed by atoms with Crippen molar-refractivity contribution in [3.63, 3.8) is 0 Å². The Morgan fingerprint density at radius 2 is 1.57 bits per heavy atom. The monoisotopic (exact) mass is 287 g/mol. The summed E-state index contributed by atoms with van der Waals surface area (Å²) in [6, 6.07) is 13.5. The highest BCUT2D eigenvalue weighted by Gasteiger charge is 2.16. The Morgan fingerprint density at radius 3 is 2.00 bits per heavy atom. The largest absolute Gasteiger partial charge is 0.387 e. The van der Waals surface area contributed by atoms with E-state index in [1.54, 1.807) is 24.3 Å². The lowest BCUT2D eigenvalue weighted by molar-refractivity contribution is 0.101. The van der Waals surface area contributed by atoms with Gasteiger partial charge < -0.3 is 10.8 Å². The smallest absolute Gasteiger partial charge is 0.159 e. The number of halogens is 1. The van der Waals surface area contributed by atoms with Crippen molar-refractivity contribution in [2.24, 2.45) is 5.73 Å². The van der Waals surface area contributed by atoms with Crippen molar-refractivity contribution >= 4 is 5.78 Å². The molecule has 0 saturated carbocycles. The van der Waals surface area contributed by atoms with E-state index >= 15 is 0 Å². The Balaban J connectivity index is 2.20. The lowest BCUT2D eigenvalue weighted by Gasteiger charge is -2.16. The van der Waals surface area contributed by atoms with Gasteiger partial charge in [-0.3, -0.25) is 4.79 Å². The zero-order chi connectivity index (χ0) is 15.4. The summed E-state index contributed by atoms with van der Waals surface area (Å²) >= 11 is 0. The summed E-state index contributed by atoms with van der Waals surface area (Å²) in [5.74, 6) is 0.0280. The average molecular weight is 287 g/mol. The first-order chi connectivity index (χ1) is 10.0. The summed E-state index contributed by atoms with van der Waals surface area (Å²) in [7, 11) is 0. The van der Waals surface area contributed by atoms with E-state index in [1.165, 1.54) is 6.92 Å². The van der Waals surface area contributed by atoms with Crippen molar-refractivity contribution in [1.82, 2.24) is 0 Å². The fraction of sp³-hybridized carbons (Fsp3) is 0.235. The maximum atomic E-state index is 12.5. The minimum absolute atomic E-state index is 0.0280. The second-order valence-electron chi connectivity index (χ2n) is 5.02. The van der Waals surface area contributed by atoms with Gasteiger partial charge in [-0.1, -0.05) is 48.5 Å². The van der Waals surface area contributed by atoms with Crippen LogP contribution in [0, 0.1) is 0 Å². The van der Waals surface area contributed by atoms with Crippen LogP contribution in [0.2, 0.25) is 0 Å². The molecule has 0 bridgehead atoms. The maximum Gasteiger partial charge on any atom is 0.159 e. The first-order valence-corrected chi connectivity index (χ1v) is 6.74. The van der Waals surface area contributed by atoms with Gasteiger partial charge in [0.1, 0.15) is 6.67 Å². The predicted octanol–water partition coefficient (Wildman–Crippen LogP) is 2.89. The molecule has 110 valence electrons. The van der Waals surface area contributed by atoms with Gasteiger partial charge in [-0.2, -0.15) is 0 Å². The molecule has 0 aliphatic carbocycles. The summed E-state index contributed by atoms with van der Waals surface area (Å²) < 4.78 is 12.5. The van der Waals surface area contributed by atoms with Gasteiger partial charge in [-0.15, -0.1) is 0 Å². The number of aliphatic hydroxyl groups is 1. The second-order valence-corrected chi connectivity index (χ2v) is 5.02. The molecule has 0 aliphatic rings. The minimum Gasteiger partial charge on any atom is -0.387 e. The van der Waals surface area contributed by atoms with E-state index in [0.29, 0.717) is 11.1 Å². The number of nitrogens with two attached hydrogens (primary N) is 1. The molecule has 0 aromatic heterocycles. The SMILES string of the molecule is CC(=O)c1ccc(-c2ccc([C@@H](O)[C@H](N)CF)cc2)cc1. The summed E-state index contributed by atoms with van der Waals surface area (Å²) in [5.41, 5.74) is 8.66. The third-order valence-electron chi connectivity index (χ3n) is 3.46. The number of Topliss-reactive ketones (excluding diaryl/α,β-unsaturated/α-hetero) is 1. The molecule has 0 unspecified atom stereocenters. The van der Waals surface area contributed by atoms with Gasteiger partial charge in [0.05, 0.1) is 12.1 Å². The van der Waals surface area contributed by atoms with Crippen LogP contribution in [-0.2, 0) is 0 Å². The highest BCUT2D eigenvalue weighted by molar-refractivity contribution is 5.94. The van der Waals surface area contributed by atoms with Crippen LogP contribution in [0.3, 0.4) is 0 Å². The highest BCUT2D eigenvalue weighted by atomic mass is 19.1. The van der Waals surface area contributed by atoms with Crippen LogP contribution < -0.4 is 5.73 Å². The van der Waals surface area contributed by atoms with Gasteiger partial charge in [0.2, 0.25) is 0 Å². The number of ketones is 1.